The summed E-state index contributed by atoms with van der Waals surface area (Å²) in [6.45, 7) is 0. The van der Waals surface area contributed by atoms with Crippen LogP contribution in [0, 0.1) is 0 Å². The quantitative estimate of drug-likeness (QED) is 0.186. The highest BCUT2D eigenvalue weighted by molar-refractivity contribution is 6.15. The van der Waals surface area contributed by atoms with Crippen molar-refractivity contribution in [1.82, 2.24) is 9.88 Å². The van der Waals surface area contributed by atoms with Crippen molar-refractivity contribution in [3.63, 3.8) is 0 Å². The van der Waals surface area contributed by atoms with Gasteiger partial charge in [0, 0.05) is 38.2 Å². The highest BCUT2D eigenvalue weighted by Gasteiger charge is 2.22. The number of nitrogens with zero attached hydrogens (tertiary/aromatic N) is 3. The van der Waals surface area contributed by atoms with Gasteiger partial charge in [0.2, 0.25) is 0 Å². The molecule has 0 fully saturated rings. The second-order valence-electron chi connectivity index (χ2n) is 14.2. The molecule has 0 saturated carbocycles. The Morgan fingerprint density at radius 1 is 0.446 bits per heavy atom. The molecule has 3 heterocycles. The van der Waals surface area contributed by atoms with E-state index in [1.54, 1.807) is 0 Å². The number of fused-ring (bicyclic) bond motifs is 6. The molecule has 10 aromatic rings. The predicted octanol–water partition coefficient (Wildman–Crippen LogP) is 12.5. The van der Waals surface area contributed by atoms with Crippen LogP contribution in [0.1, 0.15) is 22.9 Å². The molecule has 0 spiro atoms. The topological polar surface area (TPSA) is 54.8 Å². The summed E-state index contributed by atoms with van der Waals surface area (Å²) in [5, 5.41) is 8.21. The van der Waals surface area contributed by atoms with E-state index >= 15 is 0 Å². The number of furan rings is 1. The summed E-state index contributed by atoms with van der Waals surface area (Å²) in [5.74, 6) is 1.44. The number of amidine groups is 2. The molecule has 0 saturated heterocycles. The van der Waals surface area contributed by atoms with Crippen molar-refractivity contribution in [2.45, 2.75) is 6.17 Å². The highest BCUT2D eigenvalue weighted by Crippen LogP contribution is 2.39. The normalized spacial score (nSPS) is 14.2. The monoisotopic (exact) mass is 718 g/mol. The zero-order valence-electron chi connectivity index (χ0n) is 30.3. The fourth-order valence-electron chi connectivity index (χ4n) is 8.16. The summed E-state index contributed by atoms with van der Waals surface area (Å²) in [6.07, 6.45) is -0.314. The van der Waals surface area contributed by atoms with Gasteiger partial charge in [-0.2, -0.15) is 0 Å². The molecule has 5 heteroatoms. The minimum atomic E-state index is -0.314. The summed E-state index contributed by atoms with van der Waals surface area (Å²) in [5.41, 5.74) is 12.7. The third kappa shape index (κ3) is 5.40. The van der Waals surface area contributed by atoms with Gasteiger partial charge in [-0.05, 0) is 64.7 Å². The van der Waals surface area contributed by atoms with Gasteiger partial charge in [-0.1, -0.05) is 152 Å². The Morgan fingerprint density at radius 2 is 1.05 bits per heavy atom. The minimum absolute atomic E-state index is 0.314. The van der Waals surface area contributed by atoms with Crippen molar-refractivity contribution in [2.75, 3.05) is 0 Å². The Labute approximate surface area is 323 Å². The van der Waals surface area contributed by atoms with E-state index in [1.807, 2.05) is 24.3 Å². The molecule has 2 aromatic heterocycles. The van der Waals surface area contributed by atoms with E-state index in [0.29, 0.717) is 5.84 Å². The average Bonchev–Trinajstić information content (AvgIpc) is 3.82. The van der Waals surface area contributed by atoms with Crippen LogP contribution in [0.2, 0.25) is 0 Å². The molecule has 1 atom stereocenters. The lowest BCUT2D eigenvalue weighted by atomic mass is 10.0. The number of hydrogen-bond acceptors (Lipinski definition) is 4. The number of nitrogens with one attached hydrogen (secondary N) is 1. The van der Waals surface area contributed by atoms with Crippen LogP contribution in [0.15, 0.2) is 209 Å². The van der Waals surface area contributed by atoms with Crippen LogP contribution in [0.4, 0.5) is 0 Å². The molecule has 56 heavy (non-hydrogen) atoms. The first-order chi connectivity index (χ1) is 27.7. The Kier molecular flexibility index (Phi) is 7.49. The van der Waals surface area contributed by atoms with Crippen molar-refractivity contribution in [3.05, 3.63) is 211 Å². The van der Waals surface area contributed by atoms with Crippen molar-refractivity contribution >= 4 is 55.4 Å². The number of rotatable bonds is 6. The zero-order valence-corrected chi connectivity index (χ0v) is 30.3. The summed E-state index contributed by atoms with van der Waals surface area (Å²) < 4.78 is 8.93. The first-order valence-electron chi connectivity index (χ1n) is 18.9. The summed E-state index contributed by atoms with van der Waals surface area (Å²) in [4.78, 5) is 10.2. The molecule has 1 unspecified atom stereocenters. The van der Waals surface area contributed by atoms with E-state index in [1.165, 1.54) is 32.9 Å². The standard InChI is InChI=1S/C51H34N4O/c1-3-13-33(14-4-1)34-23-25-36(26-24-34)50-52-49(35-15-5-2-6-16-35)53-51(54-50)38-27-29-42-43-31-37(28-30-47(43)56-48(42)32-38)39-17-7-10-20-44(39)55-45-21-11-8-18-40(45)41-19-9-12-22-46(41)55/h1-32,50H,(H,52,53,54). The number of aromatic nitrogens is 1. The lowest BCUT2D eigenvalue weighted by Crippen LogP contribution is -2.33. The summed E-state index contributed by atoms with van der Waals surface area (Å²) in [7, 11) is 0. The van der Waals surface area contributed by atoms with Gasteiger partial charge in [-0.15, -0.1) is 0 Å². The maximum absolute atomic E-state index is 6.55. The van der Waals surface area contributed by atoms with E-state index in [2.05, 4.69) is 180 Å². The molecule has 8 aromatic carbocycles. The molecule has 1 aliphatic heterocycles. The lowest BCUT2D eigenvalue weighted by molar-refractivity contribution is 0.667. The molecule has 264 valence electrons. The number of hydrogen-bond donors (Lipinski definition) is 1. The maximum Gasteiger partial charge on any atom is 0.159 e. The molecule has 0 aliphatic carbocycles. The number of aliphatic imine (C=N–C) groups is 2. The van der Waals surface area contributed by atoms with Gasteiger partial charge in [-0.25, -0.2) is 9.98 Å². The number of benzene rings is 8. The zero-order chi connectivity index (χ0) is 37.0. The Bertz CT molecular complexity index is 3100. The third-order valence-electron chi connectivity index (χ3n) is 10.9. The van der Waals surface area contributed by atoms with Crippen molar-refractivity contribution in [3.8, 4) is 27.9 Å². The fourth-order valence-corrected chi connectivity index (χ4v) is 8.16. The molecule has 0 radical (unpaired) electrons. The molecular formula is C51H34N4O. The third-order valence-corrected chi connectivity index (χ3v) is 10.9. The van der Waals surface area contributed by atoms with E-state index < -0.39 is 0 Å². The Hall–Kier alpha value is -7.50. The van der Waals surface area contributed by atoms with Crippen molar-refractivity contribution in [1.29, 1.82) is 0 Å². The Balaban J connectivity index is 0.991. The lowest BCUT2D eigenvalue weighted by Gasteiger charge is -2.24. The second kappa shape index (κ2) is 13.1. The van der Waals surface area contributed by atoms with Crippen LogP contribution in [-0.2, 0) is 0 Å². The molecule has 1 N–H and O–H groups in total. The number of para-hydroxylation sites is 3. The summed E-state index contributed by atoms with van der Waals surface area (Å²) >= 11 is 0. The van der Waals surface area contributed by atoms with Crippen LogP contribution in [0.5, 0.6) is 0 Å². The van der Waals surface area contributed by atoms with Gasteiger partial charge in [-0.3, -0.25) is 0 Å². The van der Waals surface area contributed by atoms with E-state index in [-0.39, 0.29) is 6.17 Å². The Morgan fingerprint density at radius 3 is 1.80 bits per heavy atom. The van der Waals surface area contributed by atoms with Crippen molar-refractivity contribution < 1.29 is 4.42 Å². The van der Waals surface area contributed by atoms with Crippen LogP contribution in [0.3, 0.4) is 0 Å². The minimum Gasteiger partial charge on any atom is -0.456 e. The first kappa shape index (κ1) is 32.0. The predicted molar refractivity (Wildman–Crippen MR) is 231 cm³/mol. The SMILES string of the molecule is c1ccc(C2=NC(c3ccc4c(c3)oc3ccc(-c5ccccc5-n5c6ccccc6c6ccccc65)cc34)=NC(c3ccc(-c4ccccc4)cc3)N2)cc1. The molecule has 0 bridgehead atoms. The molecule has 1 aliphatic rings. The van der Waals surface area contributed by atoms with Crippen LogP contribution >= 0.6 is 0 Å². The smallest absolute Gasteiger partial charge is 0.159 e. The average molecular weight is 719 g/mol. The van der Waals surface area contributed by atoms with Crippen molar-refractivity contribution in [2.24, 2.45) is 9.98 Å². The molecule has 0 amide bonds. The molecule has 5 nitrogen and oxygen atoms in total. The van der Waals surface area contributed by atoms with E-state index in [0.717, 1.165) is 61.3 Å². The molecular weight excluding hydrogens is 685 g/mol. The van der Waals surface area contributed by atoms with E-state index in [9.17, 15) is 0 Å². The largest absolute Gasteiger partial charge is 0.456 e. The van der Waals surface area contributed by atoms with Crippen LogP contribution in [-0.4, -0.2) is 16.2 Å². The second-order valence-corrected chi connectivity index (χ2v) is 14.2. The van der Waals surface area contributed by atoms with Gasteiger partial charge < -0.3 is 14.3 Å². The van der Waals surface area contributed by atoms with E-state index in [4.69, 9.17) is 14.4 Å². The molecule has 11 rings (SSSR count). The maximum atomic E-state index is 6.55. The van der Waals surface area contributed by atoms with Crippen LogP contribution < -0.4 is 5.32 Å². The van der Waals surface area contributed by atoms with Gasteiger partial charge >= 0.3 is 0 Å². The summed E-state index contributed by atoms with van der Waals surface area (Å²) in [6, 6.07) is 68.1. The fraction of sp³-hybridized carbons (Fsp3) is 0.0196. The van der Waals surface area contributed by atoms with Gasteiger partial charge in [0.25, 0.3) is 0 Å². The first-order valence-corrected chi connectivity index (χ1v) is 18.9. The highest BCUT2D eigenvalue weighted by atomic mass is 16.3. The van der Waals surface area contributed by atoms with Gasteiger partial charge in [0.15, 0.2) is 5.84 Å². The van der Waals surface area contributed by atoms with Gasteiger partial charge in [0.05, 0.1) is 16.7 Å². The van der Waals surface area contributed by atoms with Crippen LogP contribution in [0.25, 0.3) is 71.7 Å². The van der Waals surface area contributed by atoms with Gasteiger partial charge in [0.1, 0.15) is 23.2 Å².